The largest absolute Gasteiger partial charge is 0.472 e. The molecule has 0 spiro atoms. The molecule has 1 aliphatic rings. The van der Waals surface area contributed by atoms with Gasteiger partial charge in [-0.25, -0.2) is 4.98 Å². The Bertz CT molecular complexity index is 953. The van der Waals surface area contributed by atoms with Crippen molar-refractivity contribution in [1.82, 2.24) is 9.88 Å². The van der Waals surface area contributed by atoms with Crippen LogP contribution >= 0.6 is 0 Å². The topological polar surface area (TPSA) is 45.7 Å². The average molecular weight is 361 g/mol. The minimum absolute atomic E-state index is 0.0244. The summed E-state index contributed by atoms with van der Waals surface area (Å²) in [5.74, 6) is 0.668. The van der Waals surface area contributed by atoms with Gasteiger partial charge >= 0.3 is 0 Å². The van der Waals surface area contributed by atoms with E-state index in [2.05, 4.69) is 4.98 Å². The van der Waals surface area contributed by atoms with Crippen LogP contribution in [0, 0.1) is 0 Å². The van der Waals surface area contributed by atoms with Gasteiger partial charge in [-0.3, -0.25) is 4.79 Å². The van der Waals surface area contributed by atoms with Crippen molar-refractivity contribution in [3.8, 4) is 5.88 Å². The van der Waals surface area contributed by atoms with E-state index in [1.807, 2.05) is 84.6 Å². The standard InChI is InChI=1S/C22H23N3O2/c1-24(2)18-10-7-17(8-11-18)22(26)25-14-13-19(15-25)27-21-12-9-16-5-3-4-6-20(16)23-21/h3-12,19H,13-15H2,1-2H3. The maximum absolute atomic E-state index is 12.7. The highest BCUT2D eigenvalue weighted by Gasteiger charge is 2.28. The molecule has 0 aliphatic carbocycles. The second-order valence-corrected chi connectivity index (χ2v) is 7.06. The summed E-state index contributed by atoms with van der Waals surface area (Å²) in [6, 6.07) is 19.6. The van der Waals surface area contributed by atoms with E-state index in [0.29, 0.717) is 24.5 Å². The molecule has 2 aromatic carbocycles. The summed E-state index contributed by atoms with van der Waals surface area (Å²) in [6.07, 6.45) is 0.791. The molecular weight excluding hydrogens is 338 g/mol. The van der Waals surface area contributed by atoms with E-state index in [1.165, 1.54) is 0 Å². The lowest BCUT2D eigenvalue weighted by Crippen LogP contribution is -2.31. The summed E-state index contributed by atoms with van der Waals surface area (Å²) < 4.78 is 6.04. The monoisotopic (exact) mass is 361 g/mol. The molecular formula is C22H23N3O2. The van der Waals surface area contributed by atoms with Crippen LogP contribution in [0.5, 0.6) is 5.88 Å². The van der Waals surface area contributed by atoms with Gasteiger partial charge in [0.1, 0.15) is 6.10 Å². The van der Waals surface area contributed by atoms with Crippen LogP contribution in [0.1, 0.15) is 16.8 Å². The number of nitrogens with zero attached hydrogens (tertiary/aromatic N) is 3. The van der Waals surface area contributed by atoms with Gasteiger partial charge in [0.25, 0.3) is 5.91 Å². The van der Waals surface area contributed by atoms with E-state index >= 15 is 0 Å². The molecule has 4 rings (SSSR count). The molecule has 1 aromatic heterocycles. The number of hydrogen-bond acceptors (Lipinski definition) is 4. The first-order chi connectivity index (χ1) is 13.1. The van der Waals surface area contributed by atoms with Crippen molar-refractivity contribution in [2.75, 3.05) is 32.1 Å². The third-order valence-corrected chi connectivity index (χ3v) is 4.92. The molecule has 5 heteroatoms. The van der Waals surface area contributed by atoms with Crippen LogP contribution < -0.4 is 9.64 Å². The van der Waals surface area contributed by atoms with Gasteiger partial charge in [0.15, 0.2) is 0 Å². The summed E-state index contributed by atoms with van der Waals surface area (Å²) in [5.41, 5.74) is 2.71. The molecule has 1 saturated heterocycles. The third kappa shape index (κ3) is 3.72. The average Bonchev–Trinajstić information content (AvgIpc) is 3.16. The van der Waals surface area contributed by atoms with Crippen LogP contribution in [-0.4, -0.2) is 49.1 Å². The van der Waals surface area contributed by atoms with Crippen molar-refractivity contribution in [3.63, 3.8) is 0 Å². The summed E-state index contributed by atoms with van der Waals surface area (Å²) in [5, 5.41) is 1.09. The molecule has 2 heterocycles. The van der Waals surface area contributed by atoms with E-state index in [-0.39, 0.29) is 12.0 Å². The maximum Gasteiger partial charge on any atom is 0.253 e. The van der Waals surface area contributed by atoms with Gasteiger partial charge in [-0.05, 0) is 36.4 Å². The first kappa shape index (κ1) is 17.3. The van der Waals surface area contributed by atoms with Gasteiger partial charge in [0.05, 0.1) is 12.1 Å². The van der Waals surface area contributed by atoms with Crippen LogP contribution in [0.3, 0.4) is 0 Å². The minimum atomic E-state index is -0.0244. The number of pyridine rings is 1. The fraction of sp³-hybridized carbons (Fsp3) is 0.273. The molecule has 1 aliphatic heterocycles. The van der Waals surface area contributed by atoms with Crippen LogP contribution in [0.4, 0.5) is 5.69 Å². The lowest BCUT2D eigenvalue weighted by molar-refractivity contribution is 0.0771. The van der Waals surface area contributed by atoms with Crippen molar-refractivity contribution in [2.24, 2.45) is 0 Å². The Hall–Kier alpha value is -3.08. The summed E-state index contributed by atoms with van der Waals surface area (Å²) >= 11 is 0. The molecule has 27 heavy (non-hydrogen) atoms. The molecule has 1 atom stereocenters. The molecule has 138 valence electrons. The van der Waals surface area contributed by atoms with Gasteiger partial charge in [0.2, 0.25) is 5.88 Å². The number of amides is 1. The Balaban J connectivity index is 1.40. The van der Waals surface area contributed by atoms with Crippen molar-refractivity contribution >= 4 is 22.5 Å². The van der Waals surface area contributed by atoms with Gasteiger partial charge in [-0.2, -0.15) is 0 Å². The lowest BCUT2D eigenvalue weighted by atomic mass is 10.2. The maximum atomic E-state index is 12.7. The molecule has 1 amide bonds. The van der Waals surface area contributed by atoms with Gasteiger partial charge in [0, 0.05) is 49.8 Å². The zero-order chi connectivity index (χ0) is 18.8. The van der Waals surface area contributed by atoms with Gasteiger partial charge in [-0.1, -0.05) is 18.2 Å². The number of rotatable bonds is 4. The highest BCUT2D eigenvalue weighted by atomic mass is 16.5. The van der Waals surface area contributed by atoms with E-state index in [4.69, 9.17) is 4.74 Å². The van der Waals surface area contributed by atoms with Gasteiger partial charge in [-0.15, -0.1) is 0 Å². The predicted octanol–water partition coefficient (Wildman–Crippen LogP) is 3.59. The fourth-order valence-electron chi connectivity index (χ4n) is 3.38. The van der Waals surface area contributed by atoms with E-state index in [1.54, 1.807) is 0 Å². The zero-order valence-electron chi connectivity index (χ0n) is 15.6. The minimum Gasteiger partial charge on any atom is -0.472 e. The SMILES string of the molecule is CN(C)c1ccc(C(=O)N2CCC(Oc3ccc4ccccc4n3)C2)cc1. The zero-order valence-corrected chi connectivity index (χ0v) is 15.6. The number of carbonyl (C=O) groups excluding carboxylic acids is 1. The van der Waals surface area contributed by atoms with Crippen molar-refractivity contribution in [3.05, 3.63) is 66.2 Å². The number of para-hydroxylation sites is 1. The van der Waals surface area contributed by atoms with Crippen LogP contribution in [0.25, 0.3) is 10.9 Å². The van der Waals surface area contributed by atoms with Gasteiger partial charge < -0.3 is 14.5 Å². The Kier molecular flexibility index (Phi) is 4.67. The number of fused-ring (bicyclic) bond motifs is 1. The second-order valence-electron chi connectivity index (χ2n) is 7.06. The number of benzene rings is 2. The number of hydrogen-bond donors (Lipinski definition) is 0. The van der Waals surface area contributed by atoms with Crippen molar-refractivity contribution in [1.29, 1.82) is 0 Å². The normalized spacial score (nSPS) is 16.5. The molecule has 1 fully saturated rings. The summed E-state index contributed by atoms with van der Waals surface area (Å²) in [6.45, 7) is 1.29. The Morgan fingerprint density at radius 3 is 2.63 bits per heavy atom. The van der Waals surface area contributed by atoms with E-state index in [9.17, 15) is 4.79 Å². The van der Waals surface area contributed by atoms with Crippen LogP contribution in [0.15, 0.2) is 60.7 Å². The molecule has 5 nitrogen and oxygen atoms in total. The Morgan fingerprint density at radius 1 is 1.07 bits per heavy atom. The van der Waals surface area contributed by atoms with E-state index in [0.717, 1.165) is 23.0 Å². The van der Waals surface area contributed by atoms with E-state index < -0.39 is 0 Å². The van der Waals surface area contributed by atoms with Crippen molar-refractivity contribution < 1.29 is 9.53 Å². The molecule has 0 saturated carbocycles. The highest BCUT2D eigenvalue weighted by Crippen LogP contribution is 2.22. The molecule has 1 unspecified atom stereocenters. The molecule has 0 bridgehead atoms. The smallest absolute Gasteiger partial charge is 0.253 e. The molecule has 0 radical (unpaired) electrons. The third-order valence-electron chi connectivity index (χ3n) is 4.92. The fourth-order valence-corrected chi connectivity index (χ4v) is 3.38. The lowest BCUT2D eigenvalue weighted by Gasteiger charge is -2.18. The number of carbonyl (C=O) groups is 1. The Morgan fingerprint density at radius 2 is 1.85 bits per heavy atom. The number of aromatic nitrogens is 1. The first-order valence-electron chi connectivity index (χ1n) is 9.19. The molecule has 3 aromatic rings. The first-order valence-corrected chi connectivity index (χ1v) is 9.19. The number of ether oxygens (including phenoxy) is 1. The number of likely N-dealkylation sites (tertiary alicyclic amines) is 1. The Labute approximate surface area is 159 Å². The van der Waals surface area contributed by atoms with Crippen LogP contribution in [0.2, 0.25) is 0 Å². The summed E-state index contributed by atoms with van der Waals surface area (Å²) in [4.78, 5) is 21.2. The summed E-state index contributed by atoms with van der Waals surface area (Å²) in [7, 11) is 3.97. The number of anilines is 1. The predicted molar refractivity (Wildman–Crippen MR) is 107 cm³/mol. The quantitative estimate of drug-likeness (QED) is 0.712. The van der Waals surface area contributed by atoms with Crippen molar-refractivity contribution in [2.45, 2.75) is 12.5 Å². The van der Waals surface area contributed by atoms with Crippen LogP contribution in [-0.2, 0) is 0 Å². The highest BCUT2D eigenvalue weighted by molar-refractivity contribution is 5.94. The molecule has 0 N–H and O–H groups in total. The second kappa shape index (κ2) is 7.27.